The molecule has 0 aromatic heterocycles. The lowest BCUT2D eigenvalue weighted by Gasteiger charge is -2.12. The number of hydrogen-bond acceptors (Lipinski definition) is 1. The Morgan fingerprint density at radius 2 is 1.62 bits per heavy atom. The van der Waals surface area contributed by atoms with Crippen molar-refractivity contribution in [3.8, 4) is 0 Å². The number of rotatable bonds is 1. The average molecular weight is 171 g/mol. The summed E-state index contributed by atoms with van der Waals surface area (Å²) in [5, 5.41) is 0. The highest BCUT2D eigenvalue weighted by molar-refractivity contribution is 5.78. The Hall–Kier alpha value is -1.50. The standard InChI is InChI=1S/C12H13N/c13-12-9-5-4-8-11(12)10-6-2-1-3-7-10/h1-3,6-9H,4-5,13H2. The van der Waals surface area contributed by atoms with E-state index >= 15 is 0 Å². The second-order valence-electron chi connectivity index (χ2n) is 3.22. The minimum absolute atomic E-state index is 0.914. The van der Waals surface area contributed by atoms with Gasteiger partial charge in [-0.15, -0.1) is 0 Å². The van der Waals surface area contributed by atoms with Crippen molar-refractivity contribution in [1.82, 2.24) is 0 Å². The zero-order valence-corrected chi connectivity index (χ0v) is 7.53. The van der Waals surface area contributed by atoms with Crippen molar-refractivity contribution in [2.75, 3.05) is 0 Å². The number of allylic oxidation sites excluding steroid dienone is 3. The van der Waals surface area contributed by atoms with Crippen LogP contribution in [0, 0.1) is 0 Å². The highest BCUT2D eigenvalue weighted by atomic mass is 14.6. The molecule has 0 saturated carbocycles. The molecule has 0 unspecified atom stereocenters. The van der Waals surface area contributed by atoms with Crippen molar-refractivity contribution in [2.24, 2.45) is 5.73 Å². The maximum Gasteiger partial charge on any atom is 0.0350 e. The Morgan fingerprint density at radius 1 is 0.923 bits per heavy atom. The molecule has 0 fully saturated rings. The topological polar surface area (TPSA) is 26.0 Å². The molecule has 0 spiro atoms. The van der Waals surface area contributed by atoms with Crippen molar-refractivity contribution < 1.29 is 0 Å². The molecule has 1 aliphatic rings. The molecule has 66 valence electrons. The van der Waals surface area contributed by atoms with Crippen LogP contribution in [0.15, 0.2) is 48.2 Å². The van der Waals surface area contributed by atoms with E-state index in [4.69, 9.17) is 5.73 Å². The summed E-state index contributed by atoms with van der Waals surface area (Å²) in [6.45, 7) is 0. The van der Waals surface area contributed by atoms with Gasteiger partial charge in [-0.1, -0.05) is 42.5 Å². The van der Waals surface area contributed by atoms with Crippen LogP contribution in [0.5, 0.6) is 0 Å². The van der Waals surface area contributed by atoms with Crippen molar-refractivity contribution >= 4 is 5.57 Å². The van der Waals surface area contributed by atoms with Gasteiger partial charge in [0.1, 0.15) is 0 Å². The average Bonchev–Trinajstić information content (AvgIpc) is 2.20. The monoisotopic (exact) mass is 171 g/mol. The van der Waals surface area contributed by atoms with Gasteiger partial charge in [-0.05, 0) is 18.4 Å². The lowest BCUT2D eigenvalue weighted by Crippen LogP contribution is -2.03. The third-order valence-corrected chi connectivity index (χ3v) is 2.28. The highest BCUT2D eigenvalue weighted by Gasteiger charge is 2.06. The summed E-state index contributed by atoms with van der Waals surface area (Å²) >= 11 is 0. The zero-order chi connectivity index (χ0) is 9.10. The molecule has 2 N–H and O–H groups in total. The summed E-state index contributed by atoms with van der Waals surface area (Å²) in [5.41, 5.74) is 9.22. The van der Waals surface area contributed by atoms with Crippen LogP contribution >= 0.6 is 0 Å². The summed E-state index contributed by atoms with van der Waals surface area (Å²) < 4.78 is 0. The van der Waals surface area contributed by atoms with Crippen LogP contribution in [-0.4, -0.2) is 0 Å². The lowest BCUT2D eigenvalue weighted by molar-refractivity contribution is 1.02. The van der Waals surface area contributed by atoms with E-state index < -0.39 is 0 Å². The molecule has 2 rings (SSSR count). The Labute approximate surface area is 78.6 Å². The lowest BCUT2D eigenvalue weighted by atomic mass is 9.97. The Bertz CT molecular complexity index is 347. The van der Waals surface area contributed by atoms with E-state index in [-0.39, 0.29) is 0 Å². The second-order valence-corrected chi connectivity index (χ2v) is 3.22. The van der Waals surface area contributed by atoms with E-state index in [1.807, 2.05) is 18.2 Å². The predicted molar refractivity (Wildman–Crippen MR) is 55.9 cm³/mol. The molecule has 0 bridgehead atoms. The molecule has 1 aromatic carbocycles. The maximum absolute atomic E-state index is 5.90. The molecule has 0 radical (unpaired) electrons. The minimum atomic E-state index is 0.914. The van der Waals surface area contributed by atoms with Gasteiger partial charge in [0, 0.05) is 11.3 Å². The van der Waals surface area contributed by atoms with Gasteiger partial charge in [0.2, 0.25) is 0 Å². The van der Waals surface area contributed by atoms with Crippen LogP contribution in [-0.2, 0) is 0 Å². The van der Waals surface area contributed by atoms with Crippen LogP contribution in [0.3, 0.4) is 0 Å². The first-order valence-corrected chi connectivity index (χ1v) is 4.59. The van der Waals surface area contributed by atoms with E-state index in [9.17, 15) is 0 Å². The molecule has 1 heteroatoms. The molecule has 1 aromatic rings. The molecule has 0 aliphatic heterocycles. The molecular formula is C12H13N. The summed E-state index contributed by atoms with van der Waals surface area (Å²) in [4.78, 5) is 0. The summed E-state index contributed by atoms with van der Waals surface area (Å²) in [7, 11) is 0. The van der Waals surface area contributed by atoms with E-state index in [0.29, 0.717) is 0 Å². The Balaban J connectivity index is 2.37. The molecule has 0 heterocycles. The molecule has 0 amide bonds. The maximum atomic E-state index is 5.90. The van der Waals surface area contributed by atoms with E-state index in [1.165, 1.54) is 11.1 Å². The summed E-state index contributed by atoms with van der Waals surface area (Å²) in [5.74, 6) is 0. The Morgan fingerprint density at radius 3 is 2.31 bits per heavy atom. The van der Waals surface area contributed by atoms with Gasteiger partial charge in [0.25, 0.3) is 0 Å². The van der Waals surface area contributed by atoms with Crippen molar-refractivity contribution in [1.29, 1.82) is 0 Å². The SMILES string of the molecule is NC1=CCCC=C1c1ccccc1. The molecule has 1 nitrogen and oxygen atoms in total. The third kappa shape index (κ3) is 1.64. The van der Waals surface area contributed by atoms with E-state index in [1.54, 1.807) is 0 Å². The Kier molecular flexibility index (Phi) is 2.17. The van der Waals surface area contributed by atoms with Gasteiger partial charge in [-0.2, -0.15) is 0 Å². The molecule has 0 saturated heterocycles. The fraction of sp³-hybridized carbons (Fsp3) is 0.167. The van der Waals surface area contributed by atoms with Crippen molar-refractivity contribution in [3.05, 3.63) is 53.7 Å². The van der Waals surface area contributed by atoms with Gasteiger partial charge in [-0.25, -0.2) is 0 Å². The fourth-order valence-electron chi connectivity index (χ4n) is 1.60. The van der Waals surface area contributed by atoms with Crippen LogP contribution in [0.4, 0.5) is 0 Å². The highest BCUT2D eigenvalue weighted by Crippen LogP contribution is 2.24. The number of benzene rings is 1. The van der Waals surface area contributed by atoms with Crippen molar-refractivity contribution in [3.63, 3.8) is 0 Å². The van der Waals surface area contributed by atoms with Crippen LogP contribution in [0.2, 0.25) is 0 Å². The molecule has 13 heavy (non-hydrogen) atoms. The number of hydrogen-bond donors (Lipinski definition) is 1. The van der Waals surface area contributed by atoms with Crippen molar-refractivity contribution in [2.45, 2.75) is 12.8 Å². The zero-order valence-electron chi connectivity index (χ0n) is 7.53. The molecule has 0 atom stereocenters. The van der Waals surface area contributed by atoms with Gasteiger partial charge in [0.05, 0.1) is 0 Å². The number of nitrogens with two attached hydrogens (primary N) is 1. The van der Waals surface area contributed by atoms with Crippen LogP contribution in [0.1, 0.15) is 18.4 Å². The van der Waals surface area contributed by atoms with Gasteiger partial charge in [-0.3, -0.25) is 0 Å². The quantitative estimate of drug-likeness (QED) is 0.690. The van der Waals surface area contributed by atoms with Gasteiger partial charge < -0.3 is 5.73 Å². The fourth-order valence-corrected chi connectivity index (χ4v) is 1.60. The smallest absolute Gasteiger partial charge is 0.0350 e. The normalized spacial score (nSPS) is 16.3. The van der Waals surface area contributed by atoms with Crippen LogP contribution < -0.4 is 5.73 Å². The van der Waals surface area contributed by atoms with Gasteiger partial charge in [0.15, 0.2) is 0 Å². The predicted octanol–water partition coefficient (Wildman–Crippen LogP) is 2.71. The first-order valence-electron chi connectivity index (χ1n) is 4.59. The first-order chi connectivity index (χ1) is 6.38. The first kappa shape index (κ1) is 8.11. The minimum Gasteiger partial charge on any atom is -0.398 e. The third-order valence-electron chi connectivity index (χ3n) is 2.28. The summed E-state index contributed by atoms with van der Waals surface area (Å²) in [6.07, 6.45) is 6.49. The van der Waals surface area contributed by atoms with Crippen LogP contribution in [0.25, 0.3) is 5.57 Å². The largest absolute Gasteiger partial charge is 0.398 e. The second kappa shape index (κ2) is 3.48. The van der Waals surface area contributed by atoms with E-state index in [2.05, 4.69) is 24.3 Å². The molecular weight excluding hydrogens is 158 g/mol. The van der Waals surface area contributed by atoms with E-state index in [0.717, 1.165) is 18.5 Å². The molecule has 1 aliphatic carbocycles. The van der Waals surface area contributed by atoms with Gasteiger partial charge >= 0.3 is 0 Å². The summed E-state index contributed by atoms with van der Waals surface area (Å²) in [6, 6.07) is 10.3.